The molecule has 0 unspecified atom stereocenters. The maximum Gasteiger partial charge on any atom is 0.239 e. The van der Waals surface area contributed by atoms with E-state index in [1.807, 2.05) is 37.4 Å². The quantitative estimate of drug-likeness (QED) is 0.869. The summed E-state index contributed by atoms with van der Waals surface area (Å²) in [7, 11) is 1.85. The van der Waals surface area contributed by atoms with Crippen LogP contribution in [-0.4, -0.2) is 43.7 Å². The monoisotopic (exact) mass is 290 g/mol. The summed E-state index contributed by atoms with van der Waals surface area (Å²) in [5, 5.41) is 0. The second-order valence-corrected chi connectivity index (χ2v) is 5.90. The van der Waals surface area contributed by atoms with E-state index >= 15 is 0 Å². The normalized spacial score (nSPS) is 17.4. The maximum absolute atomic E-state index is 12.3. The van der Waals surface area contributed by atoms with Gasteiger partial charge < -0.3 is 15.4 Å². The van der Waals surface area contributed by atoms with Crippen LogP contribution in [-0.2, 0) is 16.0 Å². The van der Waals surface area contributed by atoms with Gasteiger partial charge in [-0.15, -0.1) is 0 Å². The van der Waals surface area contributed by atoms with Gasteiger partial charge in [-0.05, 0) is 37.2 Å². The minimum Gasteiger partial charge on any atom is -0.381 e. The minimum atomic E-state index is -0.452. The smallest absolute Gasteiger partial charge is 0.239 e. The van der Waals surface area contributed by atoms with Crippen molar-refractivity contribution in [1.29, 1.82) is 0 Å². The molecular formula is C17H26N2O2. The summed E-state index contributed by atoms with van der Waals surface area (Å²) in [5.41, 5.74) is 7.16. The third-order valence-electron chi connectivity index (χ3n) is 4.21. The van der Waals surface area contributed by atoms with E-state index in [-0.39, 0.29) is 5.91 Å². The first-order valence-electron chi connectivity index (χ1n) is 7.79. The van der Waals surface area contributed by atoms with Gasteiger partial charge in [0.2, 0.25) is 5.91 Å². The van der Waals surface area contributed by atoms with Gasteiger partial charge in [-0.25, -0.2) is 0 Å². The fraction of sp³-hybridized carbons (Fsp3) is 0.588. The maximum atomic E-state index is 12.3. The summed E-state index contributed by atoms with van der Waals surface area (Å²) in [4.78, 5) is 14.1. The molecule has 1 fully saturated rings. The first-order chi connectivity index (χ1) is 10.2. The molecule has 2 N–H and O–H groups in total. The summed E-state index contributed by atoms with van der Waals surface area (Å²) in [5.74, 6) is 0.713. The van der Waals surface area contributed by atoms with Gasteiger partial charge in [0, 0.05) is 26.8 Å². The van der Waals surface area contributed by atoms with Gasteiger partial charge in [-0.2, -0.15) is 0 Å². The fourth-order valence-electron chi connectivity index (χ4n) is 2.76. The van der Waals surface area contributed by atoms with Crippen LogP contribution < -0.4 is 5.73 Å². The van der Waals surface area contributed by atoms with Crippen LogP contribution in [0.5, 0.6) is 0 Å². The third kappa shape index (κ3) is 5.14. The molecule has 1 aromatic carbocycles. The Morgan fingerprint density at radius 3 is 2.67 bits per heavy atom. The van der Waals surface area contributed by atoms with E-state index in [1.165, 1.54) is 0 Å². The van der Waals surface area contributed by atoms with Crippen molar-refractivity contribution < 1.29 is 9.53 Å². The second-order valence-electron chi connectivity index (χ2n) is 5.90. The van der Waals surface area contributed by atoms with Crippen molar-refractivity contribution >= 4 is 5.91 Å². The summed E-state index contributed by atoms with van der Waals surface area (Å²) >= 11 is 0. The molecule has 0 aliphatic carbocycles. The first-order valence-corrected chi connectivity index (χ1v) is 7.79. The summed E-state index contributed by atoms with van der Waals surface area (Å²) < 4.78 is 5.36. The van der Waals surface area contributed by atoms with Crippen molar-refractivity contribution in [2.24, 2.45) is 11.7 Å². The average molecular weight is 290 g/mol. The Bertz CT molecular complexity index is 430. The van der Waals surface area contributed by atoms with Crippen molar-refractivity contribution in [3.63, 3.8) is 0 Å². The molecule has 21 heavy (non-hydrogen) atoms. The number of nitrogens with two attached hydrogens (primary N) is 1. The number of hydrogen-bond acceptors (Lipinski definition) is 3. The molecule has 0 saturated carbocycles. The lowest BCUT2D eigenvalue weighted by molar-refractivity contribution is -0.131. The standard InChI is InChI=1S/C17H26N2O2/c1-19(10-7-14-8-11-21-12-9-14)17(20)16(18)13-15-5-3-2-4-6-15/h2-6,14,16H,7-13,18H2,1H3/t16-/m0/s1. The van der Waals surface area contributed by atoms with Crippen LogP contribution in [0.15, 0.2) is 30.3 Å². The van der Waals surface area contributed by atoms with Crippen molar-refractivity contribution in [3.8, 4) is 0 Å². The van der Waals surface area contributed by atoms with Crippen LogP contribution >= 0.6 is 0 Å². The number of carbonyl (C=O) groups is 1. The molecule has 4 heteroatoms. The predicted molar refractivity (Wildman–Crippen MR) is 83.9 cm³/mol. The Labute approximate surface area is 127 Å². The highest BCUT2D eigenvalue weighted by Gasteiger charge is 2.20. The predicted octanol–water partition coefficient (Wildman–Crippen LogP) is 1.83. The molecule has 1 aliphatic rings. The highest BCUT2D eigenvalue weighted by Crippen LogP contribution is 2.18. The van der Waals surface area contributed by atoms with Gasteiger partial charge >= 0.3 is 0 Å². The average Bonchev–Trinajstić information content (AvgIpc) is 2.53. The van der Waals surface area contributed by atoms with Gasteiger partial charge in [0.05, 0.1) is 6.04 Å². The van der Waals surface area contributed by atoms with Crippen LogP contribution in [0.25, 0.3) is 0 Å². The van der Waals surface area contributed by atoms with E-state index in [2.05, 4.69) is 0 Å². The lowest BCUT2D eigenvalue weighted by Crippen LogP contribution is -2.43. The molecule has 0 radical (unpaired) electrons. The largest absolute Gasteiger partial charge is 0.381 e. The zero-order valence-electron chi connectivity index (χ0n) is 12.8. The molecule has 1 aromatic rings. The Hall–Kier alpha value is -1.39. The van der Waals surface area contributed by atoms with Gasteiger partial charge in [-0.3, -0.25) is 4.79 Å². The fourth-order valence-corrected chi connectivity index (χ4v) is 2.76. The van der Waals surface area contributed by atoms with E-state index in [0.29, 0.717) is 12.3 Å². The minimum absolute atomic E-state index is 0.0333. The number of carbonyl (C=O) groups excluding carboxylic acids is 1. The third-order valence-corrected chi connectivity index (χ3v) is 4.21. The number of ether oxygens (including phenoxy) is 1. The molecular weight excluding hydrogens is 264 g/mol. The van der Waals surface area contributed by atoms with Crippen LogP contribution in [0, 0.1) is 5.92 Å². The number of likely N-dealkylation sites (N-methyl/N-ethyl adjacent to an activating group) is 1. The molecule has 1 amide bonds. The molecule has 0 aromatic heterocycles. The van der Waals surface area contributed by atoms with Crippen LogP contribution in [0.2, 0.25) is 0 Å². The molecule has 1 aliphatic heterocycles. The molecule has 0 bridgehead atoms. The van der Waals surface area contributed by atoms with Crippen molar-refractivity contribution in [1.82, 2.24) is 4.90 Å². The zero-order chi connectivity index (χ0) is 15.1. The van der Waals surface area contributed by atoms with Crippen molar-refractivity contribution in [2.75, 3.05) is 26.8 Å². The van der Waals surface area contributed by atoms with Crippen molar-refractivity contribution in [3.05, 3.63) is 35.9 Å². The van der Waals surface area contributed by atoms with Gasteiger partial charge in [0.25, 0.3) is 0 Å². The zero-order valence-corrected chi connectivity index (χ0v) is 12.8. The molecule has 1 heterocycles. The SMILES string of the molecule is CN(CCC1CCOCC1)C(=O)[C@@H](N)Cc1ccccc1. The van der Waals surface area contributed by atoms with Gasteiger partial charge in [-0.1, -0.05) is 30.3 Å². The van der Waals surface area contributed by atoms with E-state index in [1.54, 1.807) is 4.90 Å². The van der Waals surface area contributed by atoms with E-state index in [9.17, 15) is 4.79 Å². The summed E-state index contributed by atoms with van der Waals surface area (Å²) in [6, 6.07) is 9.48. The number of amides is 1. The number of nitrogens with zero attached hydrogens (tertiary/aromatic N) is 1. The lowest BCUT2D eigenvalue weighted by atomic mass is 9.96. The van der Waals surface area contributed by atoms with Crippen LogP contribution in [0.1, 0.15) is 24.8 Å². The van der Waals surface area contributed by atoms with Gasteiger partial charge in [0.1, 0.15) is 0 Å². The second kappa shape index (κ2) is 8.15. The topological polar surface area (TPSA) is 55.6 Å². The molecule has 0 spiro atoms. The number of benzene rings is 1. The summed E-state index contributed by atoms with van der Waals surface area (Å²) in [6.07, 6.45) is 3.86. The van der Waals surface area contributed by atoms with Gasteiger partial charge in [0.15, 0.2) is 0 Å². The Balaban J connectivity index is 1.75. The Morgan fingerprint density at radius 2 is 2.00 bits per heavy atom. The Morgan fingerprint density at radius 1 is 1.33 bits per heavy atom. The van der Waals surface area contributed by atoms with Crippen LogP contribution in [0.4, 0.5) is 0 Å². The van der Waals surface area contributed by atoms with Crippen molar-refractivity contribution in [2.45, 2.75) is 31.7 Å². The highest BCUT2D eigenvalue weighted by molar-refractivity contribution is 5.81. The summed E-state index contributed by atoms with van der Waals surface area (Å²) in [6.45, 7) is 2.50. The first kappa shape index (κ1) is 16.0. The number of rotatable bonds is 6. The van der Waals surface area contributed by atoms with E-state index in [0.717, 1.165) is 44.6 Å². The lowest BCUT2D eigenvalue weighted by Gasteiger charge is -2.26. The molecule has 1 saturated heterocycles. The molecule has 116 valence electrons. The molecule has 4 nitrogen and oxygen atoms in total. The molecule has 1 atom stereocenters. The highest BCUT2D eigenvalue weighted by atomic mass is 16.5. The Kier molecular flexibility index (Phi) is 6.21. The van der Waals surface area contributed by atoms with E-state index < -0.39 is 6.04 Å². The number of hydrogen-bond donors (Lipinski definition) is 1. The molecule has 2 rings (SSSR count). The van der Waals surface area contributed by atoms with Crippen LogP contribution in [0.3, 0.4) is 0 Å². The van der Waals surface area contributed by atoms with E-state index in [4.69, 9.17) is 10.5 Å².